The van der Waals surface area contributed by atoms with E-state index in [1.165, 1.54) is 0 Å². The highest BCUT2D eigenvalue weighted by Gasteiger charge is 2.25. The minimum absolute atomic E-state index is 0.0975. The zero-order valence-electron chi connectivity index (χ0n) is 12.2. The van der Waals surface area contributed by atoms with Crippen LogP contribution >= 0.6 is 0 Å². The summed E-state index contributed by atoms with van der Waals surface area (Å²) in [6, 6.07) is 8.19. The lowest BCUT2D eigenvalue weighted by molar-refractivity contribution is -0.0483. The SMILES string of the molecule is CCOc1ccccc1C1CNCC(CC(C)C)O1. The van der Waals surface area contributed by atoms with E-state index in [1.807, 2.05) is 25.1 Å². The Morgan fingerprint density at radius 3 is 2.84 bits per heavy atom. The number of benzene rings is 1. The smallest absolute Gasteiger partial charge is 0.125 e. The first-order valence-electron chi connectivity index (χ1n) is 7.28. The normalized spacial score (nSPS) is 23.6. The van der Waals surface area contributed by atoms with Crippen LogP contribution in [0.15, 0.2) is 24.3 Å². The molecule has 0 aromatic heterocycles. The van der Waals surface area contributed by atoms with Crippen LogP contribution in [0.1, 0.15) is 38.9 Å². The van der Waals surface area contributed by atoms with Gasteiger partial charge in [-0.2, -0.15) is 0 Å². The third-order valence-electron chi connectivity index (χ3n) is 3.36. The van der Waals surface area contributed by atoms with Crippen molar-refractivity contribution in [3.63, 3.8) is 0 Å². The Labute approximate surface area is 116 Å². The molecule has 1 saturated heterocycles. The zero-order chi connectivity index (χ0) is 13.7. The van der Waals surface area contributed by atoms with Crippen LogP contribution in [0, 0.1) is 5.92 Å². The second-order valence-corrected chi connectivity index (χ2v) is 5.51. The first-order valence-corrected chi connectivity index (χ1v) is 7.28. The number of hydrogen-bond acceptors (Lipinski definition) is 3. The largest absolute Gasteiger partial charge is 0.493 e. The van der Waals surface area contributed by atoms with E-state index in [1.54, 1.807) is 0 Å². The van der Waals surface area contributed by atoms with Crippen molar-refractivity contribution < 1.29 is 9.47 Å². The second-order valence-electron chi connectivity index (χ2n) is 5.51. The molecule has 1 aromatic carbocycles. The molecule has 1 aliphatic heterocycles. The lowest BCUT2D eigenvalue weighted by Crippen LogP contribution is -2.41. The molecule has 2 unspecified atom stereocenters. The molecular weight excluding hydrogens is 238 g/mol. The minimum atomic E-state index is 0.0975. The van der Waals surface area contributed by atoms with E-state index in [0.717, 1.165) is 30.8 Å². The molecule has 0 amide bonds. The summed E-state index contributed by atoms with van der Waals surface area (Å²) in [6.07, 6.45) is 1.49. The van der Waals surface area contributed by atoms with Crippen LogP contribution in [0.2, 0.25) is 0 Å². The topological polar surface area (TPSA) is 30.5 Å². The van der Waals surface area contributed by atoms with Crippen molar-refractivity contribution in [3.05, 3.63) is 29.8 Å². The minimum Gasteiger partial charge on any atom is -0.493 e. The van der Waals surface area contributed by atoms with Crippen molar-refractivity contribution in [1.29, 1.82) is 0 Å². The lowest BCUT2D eigenvalue weighted by Gasteiger charge is -2.32. The summed E-state index contributed by atoms with van der Waals surface area (Å²) < 4.78 is 11.9. The Bertz CT molecular complexity index is 392. The summed E-state index contributed by atoms with van der Waals surface area (Å²) in [5.74, 6) is 1.61. The monoisotopic (exact) mass is 263 g/mol. The fourth-order valence-electron chi connectivity index (χ4n) is 2.59. The predicted molar refractivity (Wildman–Crippen MR) is 77.5 cm³/mol. The van der Waals surface area contributed by atoms with E-state index in [4.69, 9.17) is 9.47 Å². The fraction of sp³-hybridized carbons (Fsp3) is 0.625. The number of hydrogen-bond donors (Lipinski definition) is 1. The van der Waals surface area contributed by atoms with Crippen LogP contribution in [-0.2, 0) is 4.74 Å². The molecule has 0 bridgehead atoms. The molecule has 2 atom stereocenters. The van der Waals surface area contributed by atoms with Crippen molar-refractivity contribution >= 4 is 0 Å². The standard InChI is InChI=1S/C16H25NO2/c1-4-18-15-8-6-5-7-14(15)16-11-17-10-13(19-16)9-12(2)3/h5-8,12-13,16-17H,4,9-11H2,1-3H3. The molecule has 1 N–H and O–H groups in total. The van der Waals surface area contributed by atoms with Gasteiger partial charge in [0, 0.05) is 18.7 Å². The van der Waals surface area contributed by atoms with Gasteiger partial charge in [0.1, 0.15) is 5.75 Å². The van der Waals surface area contributed by atoms with Gasteiger partial charge in [-0.1, -0.05) is 32.0 Å². The van der Waals surface area contributed by atoms with E-state index in [0.29, 0.717) is 18.6 Å². The first-order chi connectivity index (χ1) is 9.20. The molecule has 106 valence electrons. The summed E-state index contributed by atoms with van der Waals surface area (Å²) in [6.45, 7) is 8.98. The van der Waals surface area contributed by atoms with Crippen LogP contribution in [0.4, 0.5) is 0 Å². The van der Waals surface area contributed by atoms with Gasteiger partial charge in [-0.05, 0) is 25.3 Å². The number of nitrogens with one attached hydrogen (secondary N) is 1. The average Bonchev–Trinajstić information content (AvgIpc) is 2.39. The molecule has 3 heteroatoms. The van der Waals surface area contributed by atoms with Crippen LogP contribution < -0.4 is 10.1 Å². The van der Waals surface area contributed by atoms with Gasteiger partial charge < -0.3 is 14.8 Å². The Morgan fingerprint density at radius 1 is 1.32 bits per heavy atom. The Kier molecular flexibility index (Phi) is 5.23. The summed E-state index contributed by atoms with van der Waals surface area (Å²) in [4.78, 5) is 0. The molecule has 0 spiro atoms. The molecule has 2 rings (SSSR count). The van der Waals surface area contributed by atoms with Crippen molar-refractivity contribution in [2.24, 2.45) is 5.92 Å². The van der Waals surface area contributed by atoms with Crippen molar-refractivity contribution in [1.82, 2.24) is 5.32 Å². The molecule has 0 radical (unpaired) electrons. The molecule has 0 saturated carbocycles. The molecule has 3 nitrogen and oxygen atoms in total. The quantitative estimate of drug-likeness (QED) is 0.885. The second kappa shape index (κ2) is 6.92. The van der Waals surface area contributed by atoms with Gasteiger partial charge in [0.05, 0.1) is 18.8 Å². The van der Waals surface area contributed by atoms with E-state index in [9.17, 15) is 0 Å². The van der Waals surface area contributed by atoms with Gasteiger partial charge in [0.15, 0.2) is 0 Å². The van der Waals surface area contributed by atoms with Crippen LogP contribution in [-0.4, -0.2) is 25.8 Å². The fourth-order valence-corrected chi connectivity index (χ4v) is 2.59. The molecule has 19 heavy (non-hydrogen) atoms. The Balaban J connectivity index is 2.08. The molecule has 0 aliphatic carbocycles. The van der Waals surface area contributed by atoms with Gasteiger partial charge >= 0.3 is 0 Å². The highest BCUT2D eigenvalue weighted by molar-refractivity contribution is 5.35. The Morgan fingerprint density at radius 2 is 2.11 bits per heavy atom. The average molecular weight is 263 g/mol. The summed E-state index contributed by atoms with van der Waals surface area (Å²) in [7, 11) is 0. The van der Waals surface area contributed by atoms with E-state index >= 15 is 0 Å². The number of morpholine rings is 1. The van der Waals surface area contributed by atoms with Crippen LogP contribution in [0.3, 0.4) is 0 Å². The zero-order valence-corrected chi connectivity index (χ0v) is 12.2. The van der Waals surface area contributed by atoms with Gasteiger partial charge in [-0.25, -0.2) is 0 Å². The van der Waals surface area contributed by atoms with Gasteiger partial charge in [0.25, 0.3) is 0 Å². The summed E-state index contributed by atoms with van der Waals surface area (Å²) in [5.41, 5.74) is 1.16. The third-order valence-corrected chi connectivity index (χ3v) is 3.36. The van der Waals surface area contributed by atoms with Crippen molar-refractivity contribution in [2.45, 2.75) is 39.4 Å². The lowest BCUT2D eigenvalue weighted by atomic mass is 10.0. The maximum absolute atomic E-state index is 6.23. The van der Waals surface area contributed by atoms with Crippen molar-refractivity contribution in [3.8, 4) is 5.75 Å². The summed E-state index contributed by atoms with van der Waals surface area (Å²) in [5, 5.41) is 3.48. The van der Waals surface area contributed by atoms with Gasteiger partial charge in [-0.15, -0.1) is 0 Å². The molecule has 1 heterocycles. The maximum atomic E-state index is 6.23. The highest BCUT2D eigenvalue weighted by atomic mass is 16.5. The third kappa shape index (κ3) is 3.95. The maximum Gasteiger partial charge on any atom is 0.125 e. The highest BCUT2D eigenvalue weighted by Crippen LogP contribution is 2.30. The van der Waals surface area contributed by atoms with E-state index in [2.05, 4.69) is 25.2 Å². The molecule has 1 aromatic rings. The number of para-hydroxylation sites is 1. The van der Waals surface area contributed by atoms with Gasteiger partial charge in [-0.3, -0.25) is 0 Å². The molecule has 1 fully saturated rings. The van der Waals surface area contributed by atoms with E-state index in [-0.39, 0.29) is 6.10 Å². The number of ether oxygens (including phenoxy) is 2. The first kappa shape index (κ1) is 14.4. The molecular formula is C16H25NO2. The Hall–Kier alpha value is -1.06. The predicted octanol–water partition coefficient (Wildman–Crippen LogP) is 3.16. The van der Waals surface area contributed by atoms with Crippen molar-refractivity contribution in [2.75, 3.05) is 19.7 Å². The van der Waals surface area contributed by atoms with Gasteiger partial charge in [0.2, 0.25) is 0 Å². The van der Waals surface area contributed by atoms with Crippen LogP contribution in [0.25, 0.3) is 0 Å². The number of rotatable bonds is 5. The molecule has 1 aliphatic rings. The van der Waals surface area contributed by atoms with E-state index < -0.39 is 0 Å². The van der Waals surface area contributed by atoms with Crippen LogP contribution in [0.5, 0.6) is 5.75 Å². The summed E-state index contributed by atoms with van der Waals surface area (Å²) >= 11 is 0.